The highest BCUT2D eigenvalue weighted by atomic mass is 16.5. The Morgan fingerprint density at radius 1 is 1.67 bits per heavy atom. The summed E-state index contributed by atoms with van der Waals surface area (Å²) >= 11 is 0. The lowest BCUT2D eigenvalue weighted by Crippen LogP contribution is -2.42. The molecule has 4 nitrogen and oxygen atoms in total. The highest BCUT2D eigenvalue weighted by Gasteiger charge is 2.27. The lowest BCUT2D eigenvalue weighted by Gasteiger charge is -2.34. The van der Waals surface area contributed by atoms with Crippen molar-refractivity contribution < 1.29 is 14.6 Å². The minimum Gasteiger partial charge on any atom is -0.462 e. The summed E-state index contributed by atoms with van der Waals surface area (Å²) in [6, 6.07) is 0. The monoisotopic (exact) mass is 213 g/mol. The molecule has 0 spiro atoms. The number of rotatable bonds is 3. The van der Waals surface area contributed by atoms with Crippen LogP contribution >= 0.6 is 0 Å². The Labute approximate surface area is 90.5 Å². The molecular weight excluding hydrogens is 194 g/mol. The Morgan fingerprint density at radius 2 is 2.40 bits per heavy atom. The fourth-order valence-corrected chi connectivity index (χ4v) is 1.91. The van der Waals surface area contributed by atoms with Crippen LogP contribution in [0.1, 0.15) is 13.3 Å². The molecule has 0 aromatic carbocycles. The van der Waals surface area contributed by atoms with Crippen molar-refractivity contribution in [1.29, 1.82) is 0 Å². The van der Waals surface area contributed by atoms with E-state index in [9.17, 15) is 4.79 Å². The second kappa shape index (κ2) is 5.88. The first-order valence-electron chi connectivity index (χ1n) is 5.26. The second-order valence-corrected chi connectivity index (χ2v) is 3.97. The summed E-state index contributed by atoms with van der Waals surface area (Å²) in [5.41, 5.74) is 0. The molecule has 1 rings (SSSR count). The summed E-state index contributed by atoms with van der Waals surface area (Å²) in [6.45, 7) is 3.29. The molecule has 1 saturated heterocycles. The number of aliphatic hydroxyl groups is 1. The van der Waals surface area contributed by atoms with Crippen molar-refractivity contribution in [3.8, 4) is 0 Å². The van der Waals surface area contributed by atoms with Gasteiger partial charge in [0.1, 0.15) is 6.10 Å². The van der Waals surface area contributed by atoms with Gasteiger partial charge in [-0.3, -0.25) is 4.79 Å². The van der Waals surface area contributed by atoms with Crippen LogP contribution in [0.2, 0.25) is 0 Å². The zero-order valence-electron chi connectivity index (χ0n) is 9.35. The Balaban J connectivity index is 2.57. The molecule has 0 radical (unpaired) electrons. The Bertz CT molecular complexity index is 240. The van der Waals surface area contributed by atoms with Crippen LogP contribution in [0.3, 0.4) is 0 Å². The van der Waals surface area contributed by atoms with E-state index in [-0.39, 0.29) is 24.6 Å². The van der Waals surface area contributed by atoms with Crippen LogP contribution < -0.4 is 0 Å². The van der Waals surface area contributed by atoms with Gasteiger partial charge >= 0.3 is 5.97 Å². The number of aliphatic hydroxyl groups excluding tert-OH is 1. The largest absolute Gasteiger partial charge is 0.462 e. The number of likely N-dealkylation sites (tertiary alicyclic amines) is 1. The number of esters is 1. The van der Waals surface area contributed by atoms with Crippen molar-refractivity contribution in [1.82, 2.24) is 4.90 Å². The van der Waals surface area contributed by atoms with Gasteiger partial charge < -0.3 is 14.7 Å². The molecule has 15 heavy (non-hydrogen) atoms. The van der Waals surface area contributed by atoms with Crippen LogP contribution in [0.4, 0.5) is 0 Å². The molecule has 0 aromatic heterocycles. The lowest BCUT2D eigenvalue weighted by atomic mass is 9.94. The van der Waals surface area contributed by atoms with E-state index in [1.807, 2.05) is 13.1 Å². The fourth-order valence-electron chi connectivity index (χ4n) is 1.91. The van der Waals surface area contributed by atoms with E-state index >= 15 is 0 Å². The molecule has 2 atom stereocenters. The van der Waals surface area contributed by atoms with E-state index in [0.717, 1.165) is 19.5 Å². The van der Waals surface area contributed by atoms with E-state index in [2.05, 4.69) is 4.90 Å². The van der Waals surface area contributed by atoms with E-state index in [4.69, 9.17) is 9.84 Å². The Hall–Kier alpha value is -0.870. The molecule has 0 aromatic rings. The number of nitrogens with zero attached hydrogens (tertiary/aromatic N) is 1. The number of hydrogen-bond donors (Lipinski definition) is 1. The van der Waals surface area contributed by atoms with Gasteiger partial charge in [0.25, 0.3) is 0 Å². The molecule has 2 unspecified atom stereocenters. The summed E-state index contributed by atoms with van der Waals surface area (Å²) in [7, 11) is 2.05. The number of ether oxygens (including phenoxy) is 1. The van der Waals surface area contributed by atoms with Gasteiger partial charge in [-0.15, -0.1) is 0 Å². The predicted molar refractivity (Wildman–Crippen MR) is 57.4 cm³/mol. The maximum atomic E-state index is 10.9. The van der Waals surface area contributed by atoms with Crippen molar-refractivity contribution in [2.75, 3.05) is 26.7 Å². The van der Waals surface area contributed by atoms with Gasteiger partial charge in [0.15, 0.2) is 0 Å². The average Bonchev–Trinajstić information content (AvgIpc) is 2.18. The molecule has 1 aliphatic rings. The molecule has 0 aliphatic carbocycles. The Morgan fingerprint density at radius 3 is 3.00 bits per heavy atom. The maximum absolute atomic E-state index is 10.9. The summed E-state index contributed by atoms with van der Waals surface area (Å²) < 4.78 is 5.25. The van der Waals surface area contributed by atoms with Crippen LogP contribution in [0.25, 0.3) is 0 Å². The minimum atomic E-state index is -0.230. The molecular formula is C11H19NO3. The van der Waals surface area contributed by atoms with Crippen LogP contribution in [-0.4, -0.2) is 48.8 Å². The van der Waals surface area contributed by atoms with Crippen molar-refractivity contribution in [3.05, 3.63) is 12.2 Å². The highest BCUT2D eigenvalue weighted by molar-refractivity contribution is 5.66. The summed E-state index contributed by atoms with van der Waals surface area (Å²) in [5.74, 6) is -0.0354. The Kier molecular flexibility index (Phi) is 4.78. The zero-order chi connectivity index (χ0) is 11.3. The standard InChI is InChI=1S/C11H19NO3/c1-9(14)15-11-5-6-12(2)8-10(11)4-3-7-13/h3-4,10-11,13H,5-8H2,1-2H3. The van der Waals surface area contributed by atoms with Gasteiger partial charge in [-0.2, -0.15) is 0 Å². The first-order valence-corrected chi connectivity index (χ1v) is 5.26. The predicted octanol–water partition coefficient (Wildman–Crippen LogP) is 0.418. The quantitative estimate of drug-likeness (QED) is 0.545. The van der Waals surface area contributed by atoms with E-state index in [0.29, 0.717) is 0 Å². The lowest BCUT2D eigenvalue weighted by molar-refractivity contribution is -0.150. The smallest absolute Gasteiger partial charge is 0.302 e. The first kappa shape index (κ1) is 12.2. The van der Waals surface area contributed by atoms with Crippen molar-refractivity contribution in [3.63, 3.8) is 0 Å². The van der Waals surface area contributed by atoms with E-state index < -0.39 is 0 Å². The van der Waals surface area contributed by atoms with Crippen LogP contribution in [0.15, 0.2) is 12.2 Å². The highest BCUT2D eigenvalue weighted by Crippen LogP contribution is 2.20. The molecule has 4 heteroatoms. The van der Waals surface area contributed by atoms with Gasteiger partial charge in [-0.1, -0.05) is 12.2 Å². The third kappa shape index (κ3) is 4.01. The third-order valence-electron chi connectivity index (χ3n) is 2.60. The minimum absolute atomic E-state index is 0.0347. The van der Waals surface area contributed by atoms with Crippen LogP contribution in [0.5, 0.6) is 0 Å². The van der Waals surface area contributed by atoms with Gasteiger partial charge in [-0.25, -0.2) is 0 Å². The molecule has 1 fully saturated rings. The summed E-state index contributed by atoms with van der Waals surface area (Å²) in [5, 5.41) is 8.72. The van der Waals surface area contributed by atoms with Crippen molar-refractivity contribution in [2.24, 2.45) is 5.92 Å². The average molecular weight is 213 g/mol. The molecule has 0 amide bonds. The summed E-state index contributed by atoms with van der Waals surface area (Å²) in [6.07, 6.45) is 4.46. The summed E-state index contributed by atoms with van der Waals surface area (Å²) in [4.78, 5) is 13.1. The van der Waals surface area contributed by atoms with E-state index in [1.165, 1.54) is 6.92 Å². The van der Waals surface area contributed by atoms with Gasteiger partial charge in [0.05, 0.1) is 6.61 Å². The third-order valence-corrected chi connectivity index (χ3v) is 2.60. The van der Waals surface area contributed by atoms with Gasteiger partial charge in [0.2, 0.25) is 0 Å². The zero-order valence-corrected chi connectivity index (χ0v) is 9.35. The molecule has 1 heterocycles. The molecule has 0 bridgehead atoms. The molecule has 86 valence electrons. The van der Waals surface area contributed by atoms with Gasteiger partial charge in [0, 0.05) is 25.9 Å². The number of piperidine rings is 1. The molecule has 0 saturated carbocycles. The number of carbonyl (C=O) groups is 1. The van der Waals surface area contributed by atoms with Crippen LogP contribution in [0, 0.1) is 5.92 Å². The molecule has 1 N–H and O–H groups in total. The number of carbonyl (C=O) groups excluding carboxylic acids is 1. The fraction of sp³-hybridized carbons (Fsp3) is 0.727. The topological polar surface area (TPSA) is 49.8 Å². The first-order chi connectivity index (χ1) is 7.13. The van der Waals surface area contributed by atoms with Crippen molar-refractivity contribution >= 4 is 5.97 Å². The van der Waals surface area contributed by atoms with E-state index in [1.54, 1.807) is 6.08 Å². The van der Waals surface area contributed by atoms with Crippen LogP contribution in [-0.2, 0) is 9.53 Å². The normalized spacial score (nSPS) is 28.2. The maximum Gasteiger partial charge on any atom is 0.302 e. The van der Waals surface area contributed by atoms with Crippen molar-refractivity contribution in [2.45, 2.75) is 19.4 Å². The second-order valence-electron chi connectivity index (χ2n) is 3.97. The SMILES string of the molecule is CC(=O)OC1CCN(C)CC1C=CCO. The number of hydrogen-bond acceptors (Lipinski definition) is 4. The van der Waals surface area contributed by atoms with Gasteiger partial charge in [-0.05, 0) is 13.5 Å². The molecule has 1 aliphatic heterocycles.